The topological polar surface area (TPSA) is 61.1 Å². The van der Waals surface area contributed by atoms with Crippen molar-refractivity contribution in [1.29, 1.82) is 5.26 Å². The highest BCUT2D eigenvalue weighted by atomic mass is 35.5. The first-order chi connectivity index (χ1) is 6.13. The maximum absolute atomic E-state index is 10.4. The summed E-state index contributed by atoms with van der Waals surface area (Å²) in [5, 5.41) is 19.2. The van der Waals surface area contributed by atoms with Gasteiger partial charge in [0.25, 0.3) is 0 Å². The Balaban J connectivity index is 3.00. The van der Waals surface area contributed by atoms with Gasteiger partial charge in [-0.25, -0.2) is 4.79 Å². The lowest BCUT2D eigenvalue weighted by molar-refractivity contribution is -0.132. The van der Waals surface area contributed by atoms with Crippen molar-refractivity contribution < 1.29 is 9.90 Å². The molecule has 3 nitrogen and oxygen atoms in total. The Bertz CT molecular complexity index is 403. The van der Waals surface area contributed by atoms with Gasteiger partial charge in [0.2, 0.25) is 0 Å². The summed E-state index contributed by atoms with van der Waals surface area (Å²) in [5.74, 6) is -1.23. The normalized spacial score (nSPS) is 10.9. The van der Waals surface area contributed by atoms with E-state index in [0.29, 0.717) is 9.90 Å². The van der Waals surface area contributed by atoms with Crippen molar-refractivity contribution >= 4 is 35.0 Å². The number of hydrogen-bond donors (Lipinski definition) is 1. The van der Waals surface area contributed by atoms with Gasteiger partial charge >= 0.3 is 5.97 Å². The third-order valence-corrected chi connectivity index (χ3v) is 2.45. The Morgan fingerprint density at radius 1 is 1.77 bits per heavy atom. The molecular weight excluding hydrogens is 210 g/mol. The number of nitriles is 1. The number of carboxylic acids is 1. The number of carbonyl (C=O) groups is 1. The largest absolute Gasteiger partial charge is 0.477 e. The number of rotatable bonds is 2. The molecular formula is C8H4ClNO2S. The predicted molar refractivity (Wildman–Crippen MR) is 50.6 cm³/mol. The van der Waals surface area contributed by atoms with E-state index in [9.17, 15) is 4.79 Å². The first-order valence-corrected chi connectivity index (χ1v) is 4.48. The third kappa shape index (κ3) is 2.58. The third-order valence-electron chi connectivity index (χ3n) is 1.23. The summed E-state index contributed by atoms with van der Waals surface area (Å²) in [5.41, 5.74) is -0.293. The van der Waals surface area contributed by atoms with Crippen LogP contribution in [-0.4, -0.2) is 11.1 Å². The van der Waals surface area contributed by atoms with Gasteiger partial charge in [-0.1, -0.05) is 11.6 Å². The van der Waals surface area contributed by atoms with Crippen LogP contribution in [0.5, 0.6) is 0 Å². The second kappa shape index (κ2) is 4.08. The average molecular weight is 214 g/mol. The fourth-order valence-corrected chi connectivity index (χ4v) is 1.70. The van der Waals surface area contributed by atoms with E-state index >= 15 is 0 Å². The van der Waals surface area contributed by atoms with Gasteiger partial charge in [0, 0.05) is 10.3 Å². The molecule has 0 saturated carbocycles. The van der Waals surface area contributed by atoms with Crippen molar-refractivity contribution in [3.8, 4) is 6.07 Å². The molecule has 0 aliphatic heterocycles. The highest BCUT2D eigenvalue weighted by Crippen LogP contribution is 2.21. The Labute approximate surface area is 83.5 Å². The van der Waals surface area contributed by atoms with Gasteiger partial charge in [0.05, 0.1) is 5.02 Å². The molecule has 13 heavy (non-hydrogen) atoms. The van der Waals surface area contributed by atoms with E-state index in [1.807, 2.05) is 0 Å². The van der Waals surface area contributed by atoms with Gasteiger partial charge in [-0.3, -0.25) is 0 Å². The van der Waals surface area contributed by atoms with Gasteiger partial charge in [-0.2, -0.15) is 5.26 Å². The van der Waals surface area contributed by atoms with E-state index in [-0.39, 0.29) is 5.57 Å². The van der Waals surface area contributed by atoms with Crippen molar-refractivity contribution in [2.24, 2.45) is 0 Å². The molecule has 5 heteroatoms. The van der Waals surface area contributed by atoms with Crippen LogP contribution in [0.2, 0.25) is 5.02 Å². The number of halogens is 1. The van der Waals surface area contributed by atoms with Crippen LogP contribution >= 0.6 is 22.9 Å². The van der Waals surface area contributed by atoms with Crippen LogP contribution in [0.4, 0.5) is 0 Å². The first-order valence-electron chi connectivity index (χ1n) is 3.22. The summed E-state index contributed by atoms with van der Waals surface area (Å²) < 4.78 is 0. The lowest BCUT2D eigenvalue weighted by Crippen LogP contribution is -1.96. The maximum atomic E-state index is 10.4. The van der Waals surface area contributed by atoms with E-state index in [4.69, 9.17) is 22.0 Å². The molecule has 0 aliphatic rings. The van der Waals surface area contributed by atoms with E-state index in [0.717, 1.165) is 0 Å². The van der Waals surface area contributed by atoms with Crippen LogP contribution in [0.15, 0.2) is 17.0 Å². The molecule has 1 aromatic heterocycles. The number of hydrogen-bond acceptors (Lipinski definition) is 3. The van der Waals surface area contributed by atoms with Crippen molar-refractivity contribution in [3.05, 3.63) is 26.9 Å². The highest BCUT2D eigenvalue weighted by molar-refractivity contribution is 7.11. The average Bonchev–Trinajstić information content (AvgIpc) is 2.46. The minimum Gasteiger partial charge on any atom is -0.477 e. The Kier molecular flexibility index (Phi) is 3.07. The number of carboxylic acid groups (broad SMARTS) is 1. The zero-order valence-electron chi connectivity index (χ0n) is 6.32. The second-order valence-electron chi connectivity index (χ2n) is 2.14. The molecule has 0 unspecified atom stereocenters. The summed E-state index contributed by atoms with van der Waals surface area (Å²) in [6, 6.07) is 3.19. The molecule has 66 valence electrons. The summed E-state index contributed by atoms with van der Waals surface area (Å²) in [7, 11) is 0. The van der Waals surface area contributed by atoms with Gasteiger partial charge in [-0.15, -0.1) is 11.3 Å². The van der Waals surface area contributed by atoms with Crippen molar-refractivity contribution in [2.45, 2.75) is 0 Å². The van der Waals surface area contributed by atoms with Crippen LogP contribution in [0.3, 0.4) is 0 Å². The smallest absolute Gasteiger partial charge is 0.346 e. The van der Waals surface area contributed by atoms with Gasteiger partial charge < -0.3 is 5.11 Å². The molecule has 1 N–H and O–H groups in total. The molecule has 0 amide bonds. The Morgan fingerprint density at radius 2 is 2.46 bits per heavy atom. The minimum atomic E-state index is -1.23. The van der Waals surface area contributed by atoms with E-state index in [2.05, 4.69) is 0 Å². The molecule has 1 aromatic rings. The molecule has 0 fully saturated rings. The van der Waals surface area contributed by atoms with E-state index in [1.54, 1.807) is 17.5 Å². The van der Waals surface area contributed by atoms with Crippen LogP contribution < -0.4 is 0 Å². The van der Waals surface area contributed by atoms with Crippen molar-refractivity contribution in [3.63, 3.8) is 0 Å². The lowest BCUT2D eigenvalue weighted by Gasteiger charge is -1.86. The van der Waals surface area contributed by atoms with Gasteiger partial charge in [0.1, 0.15) is 11.6 Å². The molecule has 0 radical (unpaired) electrons. The van der Waals surface area contributed by atoms with Crippen molar-refractivity contribution in [2.75, 3.05) is 0 Å². The predicted octanol–water partition coefficient (Wildman–Crippen LogP) is 2.39. The molecule has 0 aliphatic carbocycles. The highest BCUT2D eigenvalue weighted by Gasteiger charge is 2.06. The summed E-state index contributed by atoms with van der Waals surface area (Å²) in [6.07, 6.45) is 1.29. The van der Waals surface area contributed by atoms with E-state index in [1.165, 1.54) is 17.4 Å². The summed E-state index contributed by atoms with van der Waals surface area (Å²) in [6.45, 7) is 0. The maximum Gasteiger partial charge on any atom is 0.346 e. The van der Waals surface area contributed by atoms with Crippen LogP contribution in [-0.2, 0) is 4.79 Å². The summed E-state index contributed by atoms with van der Waals surface area (Å²) in [4.78, 5) is 11.1. The SMILES string of the molecule is N#C/C(=C\c1cc(Cl)cs1)C(=O)O. The fourth-order valence-electron chi connectivity index (χ4n) is 0.688. The zero-order valence-corrected chi connectivity index (χ0v) is 7.89. The zero-order chi connectivity index (χ0) is 9.84. The van der Waals surface area contributed by atoms with Crippen LogP contribution in [0.25, 0.3) is 6.08 Å². The number of aliphatic carboxylic acids is 1. The van der Waals surface area contributed by atoms with Crippen LogP contribution in [0.1, 0.15) is 4.88 Å². The molecule has 1 heterocycles. The number of nitrogens with zero attached hydrogens (tertiary/aromatic N) is 1. The van der Waals surface area contributed by atoms with Crippen LogP contribution in [0, 0.1) is 11.3 Å². The van der Waals surface area contributed by atoms with E-state index < -0.39 is 5.97 Å². The standard InChI is InChI=1S/C8H4ClNO2S/c9-6-2-7(13-4-6)1-5(3-10)8(11)12/h1-2,4H,(H,11,12)/b5-1+. The second-order valence-corrected chi connectivity index (χ2v) is 3.52. The fraction of sp³-hybridized carbons (Fsp3) is 0. The molecule has 0 saturated heterocycles. The molecule has 0 aromatic carbocycles. The number of thiophene rings is 1. The van der Waals surface area contributed by atoms with Crippen molar-refractivity contribution in [1.82, 2.24) is 0 Å². The molecule has 1 rings (SSSR count). The monoisotopic (exact) mass is 213 g/mol. The molecule has 0 bridgehead atoms. The lowest BCUT2D eigenvalue weighted by atomic mass is 10.2. The Hall–Kier alpha value is -1.31. The quantitative estimate of drug-likeness (QED) is 0.606. The van der Waals surface area contributed by atoms with Gasteiger partial charge in [0.15, 0.2) is 0 Å². The Morgan fingerprint density at radius 3 is 2.85 bits per heavy atom. The first kappa shape index (κ1) is 9.78. The van der Waals surface area contributed by atoms with Gasteiger partial charge in [-0.05, 0) is 12.1 Å². The molecule has 0 spiro atoms. The summed E-state index contributed by atoms with van der Waals surface area (Å²) >= 11 is 6.91. The molecule has 0 atom stereocenters. The minimum absolute atomic E-state index is 0.293.